The van der Waals surface area contributed by atoms with Gasteiger partial charge in [-0.3, -0.25) is 14.3 Å². The average molecular weight is 281 g/mol. The molecule has 1 aromatic rings. The van der Waals surface area contributed by atoms with Crippen molar-refractivity contribution in [3.8, 4) is 0 Å². The van der Waals surface area contributed by atoms with E-state index >= 15 is 0 Å². The fraction of sp³-hybridized carbons (Fsp3) is 0.643. The van der Waals surface area contributed by atoms with Crippen LogP contribution in [0, 0.1) is 0 Å². The van der Waals surface area contributed by atoms with Gasteiger partial charge in [0.15, 0.2) is 0 Å². The van der Waals surface area contributed by atoms with Crippen LogP contribution >= 0.6 is 0 Å². The van der Waals surface area contributed by atoms with E-state index in [1.165, 1.54) is 22.0 Å². The molecule has 112 valence electrons. The summed E-state index contributed by atoms with van der Waals surface area (Å²) < 4.78 is 6.69. The van der Waals surface area contributed by atoms with E-state index in [1.54, 1.807) is 34.0 Å². The number of amides is 1. The SMILES string of the molecule is CCCC(C(=O)n1ccnc1)N(C)C(=O)OC(C)(C)C. The van der Waals surface area contributed by atoms with Crippen LogP contribution < -0.4 is 0 Å². The number of imidazole rings is 1. The molecular formula is C14H23N3O3. The number of rotatable bonds is 4. The third kappa shape index (κ3) is 4.36. The predicted molar refractivity (Wildman–Crippen MR) is 75.5 cm³/mol. The van der Waals surface area contributed by atoms with E-state index in [-0.39, 0.29) is 5.91 Å². The van der Waals surface area contributed by atoms with Crippen LogP contribution in [0.1, 0.15) is 45.3 Å². The zero-order chi connectivity index (χ0) is 15.3. The minimum atomic E-state index is -0.583. The standard InChI is InChI=1S/C14H23N3O3/c1-6-7-11(12(18)17-9-8-15-10-17)16(5)13(19)20-14(2,3)4/h8-11H,6-7H2,1-5H3. The summed E-state index contributed by atoms with van der Waals surface area (Å²) in [6.45, 7) is 7.36. The summed E-state index contributed by atoms with van der Waals surface area (Å²) in [5.74, 6) is -0.183. The van der Waals surface area contributed by atoms with Crippen molar-refractivity contribution in [3.63, 3.8) is 0 Å². The second-order valence-corrected chi connectivity index (χ2v) is 5.70. The molecule has 1 atom stereocenters. The molecule has 0 aliphatic carbocycles. The Bertz CT molecular complexity index is 449. The highest BCUT2D eigenvalue weighted by Gasteiger charge is 2.30. The molecule has 1 aromatic heterocycles. The molecule has 1 rings (SSSR count). The molecule has 0 saturated heterocycles. The van der Waals surface area contributed by atoms with Crippen LogP contribution in [0.5, 0.6) is 0 Å². The van der Waals surface area contributed by atoms with Crippen LogP contribution in [0.15, 0.2) is 18.7 Å². The van der Waals surface area contributed by atoms with Crippen LogP contribution in [0.25, 0.3) is 0 Å². The topological polar surface area (TPSA) is 64.4 Å². The van der Waals surface area contributed by atoms with Gasteiger partial charge in [0.05, 0.1) is 0 Å². The monoisotopic (exact) mass is 281 g/mol. The predicted octanol–water partition coefficient (Wildman–Crippen LogP) is 2.56. The molecule has 1 heterocycles. The van der Waals surface area contributed by atoms with Crippen molar-refractivity contribution in [1.29, 1.82) is 0 Å². The number of likely N-dealkylation sites (N-methyl/N-ethyl adjacent to an activating group) is 1. The smallest absolute Gasteiger partial charge is 0.410 e. The van der Waals surface area contributed by atoms with Gasteiger partial charge in [-0.25, -0.2) is 9.78 Å². The Morgan fingerprint density at radius 3 is 2.50 bits per heavy atom. The lowest BCUT2D eigenvalue weighted by atomic mass is 10.1. The molecule has 0 aromatic carbocycles. The van der Waals surface area contributed by atoms with Crippen molar-refractivity contribution in [3.05, 3.63) is 18.7 Å². The largest absolute Gasteiger partial charge is 0.444 e. The molecule has 0 N–H and O–H groups in total. The maximum atomic E-state index is 12.4. The molecule has 0 radical (unpaired) electrons. The molecule has 1 amide bonds. The summed E-state index contributed by atoms with van der Waals surface area (Å²) in [7, 11) is 1.59. The van der Waals surface area contributed by atoms with Crippen molar-refractivity contribution in [2.45, 2.75) is 52.2 Å². The zero-order valence-electron chi connectivity index (χ0n) is 12.8. The van der Waals surface area contributed by atoms with Gasteiger partial charge in [-0.2, -0.15) is 0 Å². The van der Waals surface area contributed by atoms with Crippen molar-refractivity contribution in [2.24, 2.45) is 0 Å². The normalized spacial score (nSPS) is 12.8. The van der Waals surface area contributed by atoms with Crippen LogP contribution in [0.4, 0.5) is 4.79 Å². The van der Waals surface area contributed by atoms with E-state index in [1.807, 2.05) is 6.92 Å². The summed E-state index contributed by atoms with van der Waals surface area (Å²) >= 11 is 0. The number of hydrogen-bond donors (Lipinski definition) is 0. The van der Waals surface area contributed by atoms with E-state index in [0.29, 0.717) is 6.42 Å². The van der Waals surface area contributed by atoms with E-state index in [9.17, 15) is 9.59 Å². The number of nitrogens with zero attached hydrogens (tertiary/aromatic N) is 3. The Balaban J connectivity index is 2.85. The number of carbonyl (C=O) groups excluding carboxylic acids is 2. The van der Waals surface area contributed by atoms with Gasteiger partial charge in [0, 0.05) is 19.4 Å². The first-order valence-electron chi connectivity index (χ1n) is 6.74. The van der Waals surface area contributed by atoms with Gasteiger partial charge in [0.2, 0.25) is 0 Å². The second-order valence-electron chi connectivity index (χ2n) is 5.70. The van der Waals surface area contributed by atoms with Gasteiger partial charge < -0.3 is 4.74 Å². The third-order valence-electron chi connectivity index (χ3n) is 2.76. The highest BCUT2D eigenvalue weighted by atomic mass is 16.6. The molecule has 0 aliphatic rings. The van der Waals surface area contributed by atoms with Crippen molar-refractivity contribution >= 4 is 12.0 Å². The Hall–Kier alpha value is -1.85. The average Bonchev–Trinajstić information content (AvgIpc) is 2.86. The van der Waals surface area contributed by atoms with Gasteiger partial charge >= 0.3 is 6.09 Å². The summed E-state index contributed by atoms with van der Waals surface area (Å²) in [5, 5.41) is 0. The van der Waals surface area contributed by atoms with Gasteiger partial charge in [-0.05, 0) is 27.2 Å². The van der Waals surface area contributed by atoms with Gasteiger partial charge in [-0.15, -0.1) is 0 Å². The molecule has 6 heteroatoms. The highest BCUT2D eigenvalue weighted by molar-refractivity contribution is 5.87. The second kappa shape index (κ2) is 6.54. The van der Waals surface area contributed by atoms with Crippen LogP contribution in [-0.2, 0) is 4.74 Å². The molecular weight excluding hydrogens is 258 g/mol. The fourth-order valence-corrected chi connectivity index (χ4v) is 1.78. The number of ether oxygens (including phenoxy) is 1. The lowest BCUT2D eigenvalue weighted by Crippen LogP contribution is -2.46. The lowest BCUT2D eigenvalue weighted by Gasteiger charge is -2.29. The maximum Gasteiger partial charge on any atom is 0.410 e. The maximum absolute atomic E-state index is 12.4. The zero-order valence-corrected chi connectivity index (χ0v) is 12.8. The van der Waals surface area contributed by atoms with Crippen molar-refractivity contribution in [2.75, 3.05) is 7.05 Å². The van der Waals surface area contributed by atoms with Crippen LogP contribution in [-0.4, -0.2) is 45.1 Å². The Morgan fingerprint density at radius 2 is 2.05 bits per heavy atom. The van der Waals surface area contributed by atoms with Gasteiger partial charge in [0.25, 0.3) is 5.91 Å². The first-order chi connectivity index (χ1) is 9.26. The summed E-state index contributed by atoms with van der Waals surface area (Å²) in [4.78, 5) is 29.7. The van der Waals surface area contributed by atoms with Crippen molar-refractivity contribution < 1.29 is 14.3 Å². The summed E-state index contributed by atoms with van der Waals surface area (Å²) in [6.07, 6.45) is 5.42. The van der Waals surface area contributed by atoms with Crippen molar-refractivity contribution in [1.82, 2.24) is 14.5 Å². The van der Waals surface area contributed by atoms with E-state index in [4.69, 9.17) is 4.74 Å². The Morgan fingerprint density at radius 1 is 1.40 bits per heavy atom. The minimum absolute atomic E-state index is 0.183. The van der Waals surface area contributed by atoms with E-state index in [2.05, 4.69) is 4.98 Å². The molecule has 20 heavy (non-hydrogen) atoms. The Kier molecular flexibility index (Phi) is 5.30. The lowest BCUT2D eigenvalue weighted by molar-refractivity contribution is 0.0196. The van der Waals surface area contributed by atoms with E-state index < -0.39 is 17.7 Å². The van der Waals surface area contributed by atoms with E-state index in [0.717, 1.165) is 6.42 Å². The number of carbonyl (C=O) groups is 2. The molecule has 1 unspecified atom stereocenters. The first-order valence-corrected chi connectivity index (χ1v) is 6.74. The molecule has 0 bridgehead atoms. The van der Waals surface area contributed by atoms with Gasteiger partial charge in [0.1, 0.15) is 18.0 Å². The third-order valence-corrected chi connectivity index (χ3v) is 2.76. The molecule has 0 saturated carbocycles. The molecule has 6 nitrogen and oxygen atoms in total. The quantitative estimate of drug-likeness (QED) is 0.850. The first kappa shape index (κ1) is 16.2. The Labute approximate surface area is 119 Å². The number of hydrogen-bond acceptors (Lipinski definition) is 4. The van der Waals surface area contributed by atoms with Gasteiger partial charge in [-0.1, -0.05) is 13.3 Å². The fourth-order valence-electron chi connectivity index (χ4n) is 1.78. The van der Waals surface area contributed by atoms with Crippen LogP contribution in [0.3, 0.4) is 0 Å². The summed E-state index contributed by atoms with van der Waals surface area (Å²) in [6, 6.07) is -0.552. The number of aromatic nitrogens is 2. The highest BCUT2D eigenvalue weighted by Crippen LogP contribution is 2.14. The summed E-state index contributed by atoms with van der Waals surface area (Å²) in [5.41, 5.74) is -0.583. The molecule has 0 spiro atoms. The molecule has 0 aliphatic heterocycles. The minimum Gasteiger partial charge on any atom is -0.444 e. The van der Waals surface area contributed by atoms with Crippen LogP contribution in [0.2, 0.25) is 0 Å². The molecule has 0 fully saturated rings.